The van der Waals surface area contributed by atoms with Crippen molar-refractivity contribution in [1.82, 2.24) is 8.96 Å². The van der Waals surface area contributed by atoms with Gasteiger partial charge in [0.1, 0.15) is 0 Å². The van der Waals surface area contributed by atoms with Gasteiger partial charge in [-0.25, -0.2) is 22.2 Å². The number of fused-ring (bicyclic) bond motifs is 2. The molecule has 34 heavy (non-hydrogen) atoms. The Hall–Kier alpha value is -2.96. The Morgan fingerprint density at radius 2 is 1.85 bits per heavy atom. The van der Waals surface area contributed by atoms with Gasteiger partial charge in [-0.3, -0.25) is 0 Å². The largest absolute Gasteiger partial charge is 0.467 e. The second kappa shape index (κ2) is 8.36. The highest BCUT2D eigenvalue weighted by atomic mass is 32.2. The van der Waals surface area contributed by atoms with Crippen molar-refractivity contribution in [3.8, 4) is 0 Å². The molecule has 7 nitrogen and oxygen atoms in total. The molecule has 0 aliphatic carbocycles. The minimum atomic E-state index is -4.60. The van der Waals surface area contributed by atoms with E-state index in [0.717, 1.165) is 22.2 Å². The van der Waals surface area contributed by atoms with Crippen LogP contribution in [0.1, 0.15) is 25.1 Å². The van der Waals surface area contributed by atoms with E-state index >= 15 is 0 Å². The maximum absolute atomic E-state index is 13.7. The smallest absolute Gasteiger partial charge is 0.416 e. The molecule has 0 bridgehead atoms. The Morgan fingerprint density at radius 1 is 1.12 bits per heavy atom. The first-order chi connectivity index (χ1) is 15.8. The molecular formula is C22H19F3N2O5S2. The molecule has 0 amide bonds. The van der Waals surface area contributed by atoms with Crippen LogP contribution < -0.4 is 0 Å². The van der Waals surface area contributed by atoms with Gasteiger partial charge in [-0.15, -0.1) is 11.3 Å². The summed E-state index contributed by atoms with van der Waals surface area (Å²) in [6, 6.07) is 8.52. The molecule has 0 atom stereocenters. The number of rotatable bonds is 6. The van der Waals surface area contributed by atoms with Gasteiger partial charge in [-0.2, -0.15) is 13.2 Å². The van der Waals surface area contributed by atoms with Crippen LogP contribution in [0.4, 0.5) is 13.2 Å². The molecule has 2 aromatic heterocycles. The third-order valence-electron chi connectivity index (χ3n) is 5.26. The number of halogens is 3. The summed E-state index contributed by atoms with van der Waals surface area (Å²) in [4.78, 5) is 16.1. The molecule has 12 heteroatoms. The van der Waals surface area contributed by atoms with Crippen LogP contribution in [0.2, 0.25) is 0 Å². The molecule has 0 saturated heterocycles. The first-order valence-corrected chi connectivity index (χ1v) is 12.2. The molecule has 0 radical (unpaired) electrons. The molecule has 4 rings (SSSR count). The van der Waals surface area contributed by atoms with Crippen molar-refractivity contribution in [1.29, 1.82) is 0 Å². The fourth-order valence-corrected chi connectivity index (χ4v) is 5.82. The molecule has 0 aliphatic rings. The van der Waals surface area contributed by atoms with Gasteiger partial charge in [0, 0.05) is 5.39 Å². The third-order valence-corrected chi connectivity index (χ3v) is 7.81. The first-order valence-electron chi connectivity index (χ1n) is 9.87. The number of ether oxygens (including phenoxy) is 2. The first kappa shape index (κ1) is 24.2. The van der Waals surface area contributed by atoms with Gasteiger partial charge in [-0.1, -0.05) is 0 Å². The van der Waals surface area contributed by atoms with E-state index in [1.54, 1.807) is 11.6 Å². The van der Waals surface area contributed by atoms with Crippen LogP contribution in [0, 0.1) is 0 Å². The second-order valence-electron chi connectivity index (χ2n) is 7.95. The molecule has 2 aromatic carbocycles. The van der Waals surface area contributed by atoms with Crippen LogP contribution in [0.25, 0.3) is 21.1 Å². The monoisotopic (exact) mass is 512 g/mol. The molecule has 0 saturated carbocycles. The van der Waals surface area contributed by atoms with Crippen molar-refractivity contribution in [3.63, 3.8) is 0 Å². The number of benzene rings is 2. The van der Waals surface area contributed by atoms with Gasteiger partial charge >= 0.3 is 12.1 Å². The highest BCUT2D eigenvalue weighted by molar-refractivity contribution is 7.90. The average Bonchev–Trinajstić information content (AvgIpc) is 3.39. The van der Waals surface area contributed by atoms with E-state index < -0.39 is 33.3 Å². The van der Waals surface area contributed by atoms with E-state index in [1.807, 2.05) is 0 Å². The Balaban J connectivity index is 1.88. The summed E-state index contributed by atoms with van der Waals surface area (Å²) in [6.45, 7) is 2.51. The van der Waals surface area contributed by atoms with E-state index in [0.29, 0.717) is 10.2 Å². The van der Waals surface area contributed by atoms with E-state index in [-0.39, 0.29) is 28.1 Å². The molecular weight excluding hydrogens is 493 g/mol. The zero-order valence-electron chi connectivity index (χ0n) is 18.2. The molecule has 0 spiro atoms. The van der Waals surface area contributed by atoms with Crippen molar-refractivity contribution < 1.29 is 35.9 Å². The summed E-state index contributed by atoms with van der Waals surface area (Å²) in [5.41, 5.74) is -0.0256. The van der Waals surface area contributed by atoms with Crippen LogP contribution in [0.15, 0.2) is 52.9 Å². The Labute approximate surface area is 196 Å². The van der Waals surface area contributed by atoms with Crippen LogP contribution in [-0.2, 0) is 37.1 Å². The number of carbonyl (C=O) groups excluding carboxylic acids is 1. The normalized spacial score (nSPS) is 13.0. The molecule has 0 fully saturated rings. The quantitative estimate of drug-likeness (QED) is 0.339. The molecule has 4 aromatic rings. The predicted molar refractivity (Wildman–Crippen MR) is 120 cm³/mol. The summed E-state index contributed by atoms with van der Waals surface area (Å²) >= 11 is 1.26. The summed E-state index contributed by atoms with van der Waals surface area (Å²) in [5.74, 6) is -0.687. The maximum atomic E-state index is 13.7. The van der Waals surface area contributed by atoms with Gasteiger partial charge in [0.15, 0.2) is 5.60 Å². The van der Waals surface area contributed by atoms with E-state index in [1.165, 1.54) is 50.5 Å². The summed E-state index contributed by atoms with van der Waals surface area (Å²) in [5, 5.41) is 0.0618. The summed E-state index contributed by atoms with van der Waals surface area (Å²) < 4.78 is 79.1. The number of carbonyl (C=O) groups is 1. The van der Waals surface area contributed by atoms with Crippen LogP contribution in [-0.4, -0.2) is 36.1 Å². The average molecular weight is 513 g/mol. The number of nitrogens with zero attached hydrogens (tertiary/aromatic N) is 2. The van der Waals surface area contributed by atoms with Crippen molar-refractivity contribution >= 4 is 48.4 Å². The van der Waals surface area contributed by atoms with E-state index in [4.69, 9.17) is 9.47 Å². The third kappa shape index (κ3) is 4.28. The number of alkyl halides is 3. The SMILES string of the molecule is COC(=O)C(C)(C)OCc1cc2cc(C(F)(F)F)ccc2n1S(=O)(=O)c1ccc2ncsc2c1. The zero-order valence-corrected chi connectivity index (χ0v) is 19.8. The Kier molecular flexibility index (Phi) is 5.95. The molecule has 0 N–H and O–H groups in total. The van der Waals surface area contributed by atoms with Crippen LogP contribution in [0.5, 0.6) is 0 Å². The van der Waals surface area contributed by atoms with Crippen molar-refractivity contribution in [2.24, 2.45) is 0 Å². The lowest BCUT2D eigenvalue weighted by molar-refractivity contribution is -0.166. The van der Waals surface area contributed by atoms with E-state index in [2.05, 4.69) is 4.98 Å². The summed E-state index contributed by atoms with van der Waals surface area (Å²) in [6.07, 6.45) is -4.60. The highest BCUT2D eigenvalue weighted by Crippen LogP contribution is 2.35. The van der Waals surface area contributed by atoms with E-state index in [9.17, 15) is 26.4 Å². The van der Waals surface area contributed by atoms with Crippen LogP contribution >= 0.6 is 11.3 Å². The van der Waals surface area contributed by atoms with Crippen molar-refractivity contribution in [2.75, 3.05) is 7.11 Å². The van der Waals surface area contributed by atoms with Gasteiger partial charge in [0.25, 0.3) is 10.0 Å². The topological polar surface area (TPSA) is 87.5 Å². The lowest BCUT2D eigenvalue weighted by atomic mass is 10.1. The number of hydrogen-bond donors (Lipinski definition) is 0. The zero-order chi connectivity index (χ0) is 24.9. The predicted octanol–water partition coefficient (Wildman–Crippen LogP) is 4.98. The fourth-order valence-electron chi connectivity index (χ4n) is 3.47. The Bertz CT molecular complexity index is 1500. The number of aromatic nitrogens is 2. The highest BCUT2D eigenvalue weighted by Gasteiger charge is 2.33. The summed E-state index contributed by atoms with van der Waals surface area (Å²) in [7, 11) is -3.06. The van der Waals surface area contributed by atoms with Gasteiger partial charge in [-0.05, 0) is 56.3 Å². The molecule has 2 heterocycles. The van der Waals surface area contributed by atoms with Gasteiger partial charge in [0.2, 0.25) is 0 Å². The van der Waals surface area contributed by atoms with Crippen LogP contribution in [0.3, 0.4) is 0 Å². The standard InChI is InChI=1S/C22H19F3N2O5S2/c1-21(2,20(28)31-3)32-11-15-9-13-8-14(22(23,24)25)4-7-18(13)27(15)34(29,30)16-5-6-17-19(10-16)33-12-26-17/h4-10,12H,11H2,1-3H3. The fraction of sp³-hybridized carbons (Fsp3) is 0.273. The van der Waals surface area contributed by atoms with Crippen molar-refractivity contribution in [2.45, 2.75) is 37.1 Å². The number of methoxy groups -OCH3 is 1. The minimum Gasteiger partial charge on any atom is -0.467 e. The van der Waals surface area contributed by atoms with Gasteiger partial charge in [0.05, 0.1) is 51.1 Å². The minimum absolute atomic E-state index is 0.0480. The second-order valence-corrected chi connectivity index (χ2v) is 10.6. The molecule has 180 valence electrons. The molecule has 0 unspecified atom stereocenters. The number of esters is 1. The number of hydrogen-bond acceptors (Lipinski definition) is 7. The molecule has 0 aliphatic heterocycles. The lowest BCUT2D eigenvalue weighted by Gasteiger charge is -2.22. The van der Waals surface area contributed by atoms with Gasteiger partial charge < -0.3 is 9.47 Å². The maximum Gasteiger partial charge on any atom is 0.416 e. The van der Waals surface area contributed by atoms with Crippen molar-refractivity contribution in [3.05, 3.63) is 59.2 Å². The number of thiazole rings is 1. The Morgan fingerprint density at radius 3 is 2.53 bits per heavy atom. The lowest BCUT2D eigenvalue weighted by Crippen LogP contribution is -2.36.